The molecule has 104 valence electrons. The van der Waals surface area contributed by atoms with Crippen molar-refractivity contribution in [3.05, 3.63) is 58.1 Å². The van der Waals surface area contributed by atoms with Crippen LogP contribution in [0.25, 0.3) is 0 Å². The minimum absolute atomic E-state index is 0.0604. The van der Waals surface area contributed by atoms with Gasteiger partial charge in [-0.15, -0.1) is 0 Å². The Labute approximate surface area is 119 Å². The van der Waals surface area contributed by atoms with Crippen LogP contribution in [-0.4, -0.2) is 12.9 Å². The van der Waals surface area contributed by atoms with Crippen LogP contribution >= 0.6 is 0 Å². The molecule has 2 rings (SSSR count). The molecule has 2 aromatic carbocycles. The van der Waals surface area contributed by atoms with Gasteiger partial charge in [0.2, 0.25) is 0 Å². The number of ether oxygens (including phenoxy) is 1. The van der Waals surface area contributed by atoms with Crippen molar-refractivity contribution in [2.24, 2.45) is 0 Å². The molecule has 2 aromatic rings. The lowest BCUT2D eigenvalue weighted by Crippen LogP contribution is -2.08. The Morgan fingerprint density at radius 1 is 1.00 bits per heavy atom. The van der Waals surface area contributed by atoms with Gasteiger partial charge in [-0.1, -0.05) is 17.7 Å². The monoisotopic (exact) mass is 269 g/mol. The third-order valence-corrected chi connectivity index (χ3v) is 3.46. The summed E-state index contributed by atoms with van der Waals surface area (Å²) in [5.41, 5.74) is 10.7. The number of carbonyl (C=O) groups excluding carboxylic acids is 1. The summed E-state index contributed by atoms with van der Waals surface area (Å²) in [6.07, 6.45) is 0. The summed E-state index contributed by atoms with van der Waals surface area (Å²) >= 11 is 0. The highest BCUT2D eigenvalue weighted by Crippen LogP contribution is 2.26. The molecule has 0 saturated heterocycles. The largest absolute Gasteiger partial charge is 0.496 e. The zero-order chi connectivity index (χ0) is 14.9. The van der Waals surface area contributed by atoms with Gasteiger partial charge in [-0.25, -0.2) is 0 Å². The quantitative estimate of drug-likeness (QED) is 0.686. The lowest BCUT2D eigenvalue weighted by molar-refractivity contribution is 0.103. The van der Waals surface area contributed by atoms with E-state index >= 15 is 0 Å². The van der Waals surface area contributed by atoms with Crippen molar-refractivity contribution in [2.45, 2.75) is 20.8 Å². The molecule has 0 aliphatic rings. The second-order valence-corrected chi connectivity index (χ2v) is 5.06. The molecule has 0 aliphatic carbocycles. The Kier molecular flexibility index (Phi) is 3.79. The average Bonchev–Trinajstić information content (AvgIpc) is 2.42. The fourth-order valence-corrected chi connectivity index (χ4v) is 2.26. The molecule has 0 bridgehead atoms. The molecular weight excluding hydrogens is 250 g/mol. The molecule has 0 spiro atoms. The maximum Gasteiger partial charge on any atom is 0.197 e. The van der Waals surface area contributed by atoms with Gasteiger partial charge < -0.3 is 10.5 Å². The summed E-state index contributed by atoms with van der Waals surface area (Å²) in [6.45, 7) is 5.80. The van der Waals surface area contributed by atoms with Crippen LogP contribution < -0.4 is 10.5 Å². The first kappa shape index (κ1) is 14.1. The third-order valence-electron chi connectivity index (χ3n) is 3.46. The number of hydrogen-bond donors (Lipinski definition) is 1. The molecule has 20 heavy (non-hydrogen) atoms. The zero-order valence-corrected chi connectivity index (χ0v) is 12.3. The Balaban J connectivity index is 2.57. The first-order chi connectivity index (χ1) is 9.43. The van der Waals surface area contributed by atoms with E-state index in [4.69, 9.17) is 10.5 Å². The predicted molar refractivity (Wildman–Crippen MR) is 81.5 cm³/mol. The summed E-state index contributed by atoms with van der Waals surface area (Å²) in [5, 5.41) is 0. The Hall–Kier alpha value is -2.29. The first-order valence-corrected chi connectivity index (χ1v) is 6.50. The molecule has 0 aromatic heterocycles. The summed E-state index contributed by atoms with van der Waals surface area (Å²) < 4.78 is 5.28. The van der Waals surface area contributed by atoms with E-state index in [1.54, 1.807) is 13.2 Å². The predicted octanol–water partition coefficient (Wildman–Crippen LogP) is 3.43. The third kappa shape index (κ3) is 2.52. The number of carbonyl (C=O) groups is 1. The van der Waals surface area contributed by atoms with Crippen LogP contribution in [-0.2, 0) is 0 Å². The normalized spacial score (nSPS) is 10.4. The summed E-state index contributed by atoms with van der Waals surface area (Å²) in [5.74, 6) is 0.522. The van der Waals surface area contributed by atoms with Gasteiger partial charge in [-0.2, -0.15) is 0 Å². The number of anilines is 1. The number of benzene rings is 2. The zero-order valence-electron chi connectivity index (χ0n) is 12.3. The minimum Gasteiger partial charge on any atom is -0.496 e. The summed E-state index contributed by atoms with van der Waals surface area (Å²) in [7, 11) is 1.57. The molecular formula is C17H19NO2. The van der Waals surface area contributed by atoms with E-state index in [2.05, 4.69) is 0 Å². The number of methoxy groups -OCH3 is 1. The molecule has 0 heterocycles. The maximum absolute atomic E-state index is 12.7. The maximum atomic E-state index is 12.7. The number of nitrogens with two attached hydrogens (primary N) is 1. The topological polar surface area (TPSA) is 52.3 Å². The lowest BCUT2D eigenvalue weighted by Gasteiger charge is -2.12. The molecule has 0 saturated carbocycles. The molecule has 0 radical (unpaired) electrons. The number of aryl methyl sites for hydroxylation is 3. The van der Waals surface area contributed by atoms with Crippen LogP contribution in [0.3, 0.4) is 0 Å². The fraction of sp³-hybridized carbons (Fsp3) is 0.235. The van der Waals surface area contributed by atoms with E-state index in [-0.39, 0.29) is 5.78 Å². The second-order valence-electron chi connectivity index (χ2n) is 5.06. The van der Waals surface area contributed by atoms with Crippen molar-refractivity contribution in [1.82, 2.24) is 0 Å². The smallest absolute Gasteiger partial charge is 0.197 e. The Bertz CT molecular complexity index is 675. The summed E-state index contributed by atoms with van der Waals surface area (Å²) in [6, 6.07) is 9.26. The molecule has 0 aliphatic heterocycles. The van der Waals surface area contributed by atoms with Crippen LogP contribution in [0.4, 0.5) is 5.69 Å². The SMILES string of the molecule is COc1ccc(C)cc1C(=O)c1cc(N)c(C)cc1C. The second kappa shape index (κ2) is 5.37. The molecule has 3 nitrogen and oxygen atoms in total. The molecule has 0 atom stereocenters. The molecule has 3 heteroatoms. The highest BCUT2D eigenvalue weighted by atomic mass is 16.5. The Morgan fingerprint density at radius 3 is 2.35 bits per heavy atom. The van der Waals surface area contributed by atoms with Crippen LogP contribution in [0, 0.1) is 20.8 Å². The highest BCUT2D eigenvalue weighted by Gasteiger charge is 2.17. The minimum atomic E-state index is -0.0604. The van der Waals surface area contributed by atoms with E-state index in [1.165, 1.54) is 0 Å². The van der Waals surface area contributed by atoms with Crippen LogP contribution in [0.5, 0.6) is 5.75 Å². The molecule has 0 fully saturated rings. The van der Waals surface area contributed by atoms with Gasteiger partial charge in [0.05, 0.1) is 12.7 Å². The van der Waals surface area contributed by atoms with Crippen molar-refractivity contribution < 1.29 is 9.53 Å². The van der Waals surface area contributed by atoms with Gasteiger partial charge >= 0.3 is 0 Å². The molecule has 0 unspecified atom stereocenters. The standard InChI is InChI=1S/C17H19NO2/c1-10-5-6-16(20-4)14(7-10)17(19)13-9-15(18)12(3)8-11(13)2/h5-9H,18H2,1-4H3. The molecule has 2 N–H and O–H groups in total. The van der Waals surface area contributed by atoms with E-state index in [0.29, 0.717) is 22.6 Å². The molecule has 0 amide bonds. The van der Waals surface area contributed by atoms with Crippen LogP contribution in [0.15, 0.2) is 30.3 Å². The fourth-order valence-electron chi connectivity index (χ4n) is 2.26. The number of rotatable bonds is 3. The van der Waals surface area contributed by atoms with Gasteiger partial charge in [0.15, 0.2) is 5.78 Å². The number of nitrogen functional groups attached to an aromatic ring is 1. The van der Waals surface area contributed by atoms with Gasteiger partial charge in [0.25, 0.3) is 0 Å². The van der Waals surface area contributed by atoms with Crippen LogP contribution in [0.2, 0.25) is 0 Å². The van der Waals surface area contributed by atoms with Gasteiger partial charge in [-0.3, -0.25) is 4.79 Å². The summed E-state index contributed by atoms with van der Waals surface area (Å²) in [4.78, 5) is 12.7. The van der Waals surface area contributed by atoms with Gasteiger partial charge in [-0.05, 0) is 50.1 Å². The van der Waals surface area contributed by atoms with Crippen molar-refractivity contribution >= 4 is 11.5 Å². The average molecular weight is 269 g/mol. The van der Waals surface area contributed by atoms with E-state index in [1.807, 2.05) is 45.0 Å². The van der Waals surface area contributed by atoms with Crippen molar-refractivity contribution in [2.75, 3.05) is 12.8 Å². The lowest BCUT2D eigenvalue weighted by atomic mass is 9.95. The van der Waals surface area contributed by atoms with E-state index in [0.717, 1.165) is 16.7 Å². The van der Waals surface area contributed by atoms with Gasteiger partial charge in [0.1, 0.15) is 5.75 Å². The highest BCUT2D eigenvalue weighted by molar-refractivity contribution is 6.12. The van der Waals surface area contributed by atoms with Crippen molar-refractivity contribution in [3.63, 3.8) is 0 Å². The number of ketones is 1. The van der Waals surface area contributed by atoms with E-state index < -0.39 is 0 Å². The number of hydrogen-bond acceptors (Lipinski definition) is 3. The van der Waals surface area contributed by atoms with Crippen molar-refractivity contribution in [1.29, 1.82) is 0 Å². The van der Waals surface area contributed by atoms with Crippen molar-refractivity contribution in [3.8, 4) is 5.75 Å². The van der Waals surface area contributed by atoms with Gasteiger partial charge in [0, 0.05) is 11.3 Å². The van der Waals surface area contributed by atoms with Crippen LogP contribution in [0.1, 0.15) is 32.6 Å². The first-order valence-electron chi connectivity index (χ1n) is 6.50. The Morgan fingerprint density at radius 2 is 1.70 bits per heavy atom. The van der Waals surface area contributed by atoms with E-state index in [9.17, 15) is 4.79 Å².